The molecule has 0 unspecified atom stereocenters. The molecular weight excluding hydrogens is 436 g/mol. The number of halogens is 1. The maximum Gasteiger partial charge on any atom is 0.261 e. The highest BCUT2D eigenvalue weighted by molar-refractivity contribution is 6.48. The van der Waals surface area contributed by atoms with Gasteiger partial charge in [0.2, 0.25) is 5.91 Å². The van der Waals surface area contributed by atoms with E-state index in [4.69, 9.17) is 11.6 Å². The molecule has 2 aromatic carbocycles. The van der Waals surface area contributed by atoms with Crippen LogP contribution in [0.4, 0.5) is 5.69 Å². The summed E-state index contributed by atoms with van der Waals surface area (Å²) >= 11 is 5.98. The molecule has 2 aromatic rings. The first-order valence-electron chi connectivity index (χ1n) is 9.83. The average molecular weight is 451 g/mol. The van der Waals surface area contributed by atoms with Gasteiger partial charge in [0.25, 0.3) is 17.7 Å². The number of hydrogen-bond donors (Lipinski definition) is 1. The number of hydrazone groups is 1. The second kappa shape index (κ2) is 7.38. The summed E-state index contributed by atoms with van der Waals surface area (Å²) < 4.78 is 0. The fourth-order valence-electron chi connectivity index (χ4n) is 4.17. The molecule has 3 heterocycles. The molecule has 3 aliphatic heterocycles. The Balaban J connectivity index is 1.31. The predicted molar refractivity (Wildman–Crippen MR) is 113 cm³/mol. The van der Waals surface area contributed by atoms with Gasteiger partial charge >= 0.3 is 0 Å². The summed E-state index contributed by atoms with van der Waals surface area (Å²) in [5.41, 5.74) is 3.38. The smallest absolute Gasteiger partial charge is 0.261 e. The minimum atomic E-state index is -1.07. The summed E-state index contributed by atoms with van der Waals surface area (Å²) in [6.07, 6.45) is -0.214. The number of Topliss-reactive ketones (excluding diaryl/α,β-unsaturated/α-hetero) is 1. The van der Waals surface area contributed by atoms with Crippen LogP contribution in [0.2, 0.25) is 5.02 Å². The normalized spacial score (nSPS) is 21.6. The van der Waals surface area contributed by atoms with Crippen LogP contribution in [-0.2, 0) is 14.4 Å². The zero-order chi connectivity index (χ0) is 22.6. The molecule has 0 saturated carbocycles. The van der Waals surface area contributed by atoms with Crippen LogP contribution in [-0.4, -0.2) is 52.6 Å². The van der Waals surface area contributed by atoms with Crippen molar-refractivity contribution < 1.29 is 24.0 Å². The Labute approximate surface area is 186 Å². The fraction of sp³-hybridized carbons (Fsp3) is 0.182. The van der Waals surface area contributed by atoms with E-state index in [1.165, 1.54) is 6.07 Å². The number of benzene rings is 2. The van der Waals surface area contributed by atoms with E-state index in [0.29, 0.717) is 21.8 Å². The van der Waals surface area contributed by atoms with Gasteiger partial charge in [0.1, 0.15) is 17.7 Å². The summed E-state index contributed by atoms with van der Waals surface area (Å²) in [7, 11) is 0. The molecule has 160 valence electrons. The summed E-state index contributed by atoms with van der Waals surface area (Å²) in [4.78, 5) is 65.6. The number of ketones is 1. The number of fused-ring (bicyclic) bond motifs is 2. The Bertz CT molecular complexity index is 1220. The maximum atomic E-state index is 13.0. The van der Waals surface area contributed by atoms with Crippen LogP contribution in [0.25, 0.3) is 0 Å². The predicted octanol–water partition coefficient (Wildman–Crippen LogP) is 1.41. The molecular formula is C22H15ClN4O5. The number of carbonyl (C=O) groups is 5. The van der Waals surface area contributed by atoms with Gasteiger partial charge in [-0.05, 0) is 30.3 Å². The molecule has 1 fully saturated rings. The van der Waals surface area contributed by atoms with Crippen molar-refractivity contribution in [3.05, 3.63) is 64.7 Å². The number of carbonyl (C=O) groups excluding carboxylic acids is 5. The van der Waals surface area contributed by atoms with E-state index in [-0.39, 0.29) is 18.7 Å². The maximum absolute atomic E-state index is 13.0. The molecule has 5 rings (SSSR count). The Morgan fingerprint density at radius 2 is 1.66 bits per heavy atom. The van der Waals surface area contributed by atoms with Gasteiger partial charge in [-0.1, -0.05) is 29.8 Å². The number of anilines is 1. The van der Waals surface area contributed by atoms with Gasteiger partial charge in [-0.3, -0.25) is 34.3 Å². The molecule has 0 radical (unpaired) electrons. The monoisotopic (exact) mass is 450 g/mol. The Hall–Kier alpha value is -3.85. The Kier molecular flexibility index (Phi) is 4.63. The van der Waals surface area contributed by atoms with Gasteiger partial charge in [-0.25, -0.2) is 4.90 Å². The van der Waals surface area contributed by atoms with Crippen LogP contribution in [0.15, 0.2) is 53.6 Å². The number of hydrogen-bond acceptors (Lipinski definition) is 7. The summed E-state index contributed by atoms with van der Waals surface area (Å²) in [6.45, 7) is -0.151. The van der Waals surface area contributed by atoms with Gasteiger partial charge < -0.3 is 0 Å². The largest absolute Gasteiger partial charge is 0.296 e. The molecule has 9 nitrogen and oxygen atoms in total. The fourth-order valence-corrected chi connectivity index (χ4v) is 4.36. The van der Waals surface area contributed by atoms with Crippen LogP contribution in [0.3, 0.4) is 0 Å². The van der Waals surface area contributed by atoms with Crippen molar-refractivity contribution >= 4 is 52.4 Å². The molecule has 4 amide bonds. The third-order valence-electron chi connectivity index (χ3n) is 5.72. The third kappa shape index (κ3) is 2.93. The minimum absolute atomic E-state index is 0.0884. The average Bonchev–Trinajstić information content (AvgIpc) is 3.40. The molecule has 1 saturated heterocycles. The topological polar surface area (TPSA) is 116 Å². The van der Waals surface area contributed by atoms with Gasteiger partial charge in [0.05, 0.1) is 16.8 Å². The standard InChI is InChI=1S/C22H15ClN4O5/c23-11-4-3-5-12(10-11)27-21(31)16-17(24-25-18(16)22(27)32)15(28)8-9-26-19(29)13-6-1-2-7-14(13)20(26)30/h1-7,10,16,18,25H,8-9H2/t16-,18+/m0/s1. The molecule has 1 N–H and O–H groups in total. The molecule has 0 aliphatic carbocycles. The van der Waals surface area contributed by atoms with Crippen molar-refractivity contribution in [1.29, 1.82) is 0 Å². The minimum Gasteiger partial charge on any atom is -0.296 e. The van der Waals surface area contributed by atoms with E-state index in [1.807, 2.05) is 0 Å². The van der Waals surface area contributed by atoms with Crippen molar-refractivity contribution in [1.82, 2.24) is 10.3 Å². The lowest BCUT2D eigenvalue weighted by Gasteiger charge is -2.16. The number of imide groups is 2. The first-order valence-corrected chi connectivity index (χ1v) is 10.2. The Morgan fingerprint density at radius 1 is 0.969 bits per heavy atom. The van der Waals surface area contributed by atoms with Gasteiger partial charge in [-0.2, -0.15) is 5.10 Å². The van der Waals surface area contributed by atoms with Crippen LogP contribution in [0.1, 0.15) is 27.1 Å². The van der Waals surface area contributed by atoms with Crippen molar-refractivity contribution in [2.45, 2.75) is 12.5 Å². The molecule has 3 aliphatic rings. The van der Waals surface area contributed by atoms with E-state index in [0.717, 1.165) is 9.80 Å². The summed E-state index contributed by atoms with van der Waals surface area (Å²) in [5, 5.41) is 4.28. The van der Waals surface area contributed by atoms with Gasteiger partial charge in [0.15, 0.2) is 5.78 Å². The van der Waals surface area contributed by atoms with Gasteiger partial charge in [-0.15, -0.1) is 0 Å². The van der Waals surface area contributed by atoms with Crippen LogP contribution < -0.4 is 10.3 Å². The SMILES string of the molecule is O=C(CCN1C(=O)c2ccccc2C1=O)C1=NN[C@H]2C(=O)N(c3cccc(Cl)c3)C(=O)[C@@H]12. The van der Waals surface area contributed by atoms with Crippen LogP contribution in [0, 0.1) is 5.92 Å². The van der Waals surface area contributed by atoms with Crippen LogP contribution in [0.5, 0.6) is 0 Å². The van der Waals surface area contributed by atoms with E-state index in [2.05, 4.69) is 10.5 Å². The lowest BCUT2D eigenvalue weighted by Crippen LogP contribution is -2.36. The molecule has 0 bridgehead atoms. The Morgan fingerprint density at radius 3 is 2.31 bits per heavy atom. The number of nitrogens with one attached hydrogen (secondary N) is 1. The quantitative estimate of drug-likeness (QED) is 0.688. The van der Waals surface area contributed by atoms with Crippen molar-refractivity contribution in [2.24, 2.45) is 11.0 Å². The molecule has 0 aromatic heterocycles. The zero-order valence-corrected chi connectivity index (χ0v) is 17.2. The highest BCUT2D eigenvalue weighted by Crippen LogP contribution is 2.32. The third-order valence-corrected chi connectivity index (χ3v) is 5.95. The first kappa shape index (κ1) is 20.1. The molecule has 32 heavy (non-hydrogen) atoms. The van der Waals surface area contributed by atoms with Crippen LogP contribution >= 0.6 is 11.6 Å². The first-order chi connectivity index (χ1) is 15.4. The zero-order valence-electron chi connectivity index (χ0n) is 16.4. The van der Waals surface area contributed by atoms with E-state index >= 15 is 0 Å². The van der Waals surface area contributed by atoms with E-state index in [9.17, 15) is 24.0 Å². The second-order valence-corrected chi connectivity index (χ2v) is 7.99. The van der Waals surface area contributed by atoms with E-state index < -0.39 is 41.4 Å². The summed E-state index contributed by atoms with van der Waals surface area (Å²) in [5.74, 6) is -3.65. The second-order valence-electron chi connectivity index (χ2n) is 7.55. The van der Waals surface area contributed by atoms with Crippen molar-refractivity contribution in [2.75, 3.05) is 11.4 Å². The highest BCUT2D eigenvalue weighted by Gasteiger charge is 2.55. The highest BCUT2D eigenvalue weighted by atomic mass is 35.5. The molecule has 2 atom stereocenters. The van der Waals surface area contributed by atoms with E-state index in [1.54, 1.807) is 42.5 Å². The molecule has 10 heteroatoms. The van der Waals surface area contributed by atoms with Gasteiger partial charge in [0, 0.05) is 18.0 Å². The van der Waals surface area contributed by atoms with Crippen molar-refractivity contribution in [3.63, 3.8) is 0 Å². The summed E-state index contributed by atoms with van der Waals surface area (Å²) in [6, 6.07) is 11.7. The number of nitrogens with zero attached hydrogens (tertiary/aromatic N) is 3. The number of rotatable bonds is 5. The number of amides is 4. The molecule has 0 spiro atoms. The van der Waals surface area contributed by atoms with Crippen molar-refractivity contribution in [3.8, 4) is 0 Å². The lowest BCUT2D eigenvalue weighted by atomic mass is 9.94. The lowest BCUT2D eigenvalue weighted by molar-refractivity contribution is -0.122.